The molecule has 1 N–H and O–H groups in total. The first kappa shape index (κ1) is 26.1. The summed E-state index contributed by atoms with van der Waals surface area (Å²) in [5.41, 5.74) is 2.65. The summed E-state index contributed by atoms with van der Waals surface area (Å²) in [6.45, 7) is 5.09. The fraction of sp³-hybridized carbons (Fsp3) is 0.345. The van der Waals surface area contributed by atoms with E-state index < -0.39 is 12.0 Å². The first-order chi connectivity index (χ1) is 18.5. The fourth-order valence-corrected chi connectivity index (χ4v) is 5.75. The van der Waals surface area contributed by atoms with Crippen molar-refractivity contribution >= 4 is 28.8 Å². The zero-order valence-corrected chi connectivity index (χ0v) is 22.3. The molecule has 0 aromatic heterocycles. The number of hydrogen-bond acceptors (Lipinski definition) is 8. The lowest BCUT2D eigenvalue weighted by molar-refractivity contribution is -0.139. The van der Waals surface area contributed by atoms with Crippen molar-refractivity contribution in [2.75, 3.05) is 19.8 Å². The number of carbonyl (C=O) groups is 2. The third-order valence-corrected chi connectivity index (χ3v) is 7.43. The second kappa shape index (κ2) is 11.9. The zero-order valence-electron chi connectivity index (χ0n) is 21.5. The molecule has 8 nitrogen and oxygen atoms in total. The van der Waals surface area contributed by atoms with Crippen molar-refractivity contribution in [3.8, 4) is 11.5 Å². The summed E-state index contributed by atoms with van der Waals surface area (Å²) >= 11 is 1.45. The molecule has 3 aliphatic rings. The molecule has 0 aliphatic carbocycles. The molecule has 1 fully saturated rings. The fourth-order valence-electron chi connectivity index (χ4n) is 4.79. The van der Waals surface area contributed by atoms with Crippen LogP contribution in [0.2, 0.25) is 0 Å². The molecule has 198 valence electrons. The summed E-state index contributed by atoms with van der Waals surface area (Å²) in [6.07, 6.45) is 2.20. The van der Waals surface area contributed by atoms with E-state index in [1.807, 2.05) is 71.8 Å². The molecule has 38 heavy (non-hydrogen) atoms. The maximum atomic E-state index is 13.2. The number of para-hydroxylation sites is 1. The van der Waals surface area contributed by atoms with Crippen LogP contribution in [0.4, 0.5) is 0 Å². The minimum atomic E-state index is -0.520. The highest BCUT2D eigenvalue weighted by Crippen LogP contribution is 2.45. The lowest BCUT2D eigenvalue weighted by Gasteiger charge is -2.36. The number of benzene rings is 2. The van der Waals surface area contributed by atoms with Crippen LogP contribution in [-0.4, -0.2) is 47.8 Å². The average Bonchev–Trinajstić information content (AvgIpc) is 3.58. The highest BCUT2D eigenvalue weighted by Gasteiger charge is 2.41. The monoisotopic (exact) mass is 533 g/mol. The Bertz CT molecular complexity index is 1280. The van der Waals surface area contributed by atoms with E-state index in [9.17, 15) is 9.59 Å². The summed E-state index contributed by atoms with van der Waals surface area (Å²) in [4.78, 5) is 32.8. The molecular formula is C29H31N3O5S. The molecule has 0 unspecified atom stereocenters. The Morgan fingerprint density at radius 2 is 1.97 bits per heavy atom. The van der Waals surface area contributed by atoms with Crippen molar-refractivity contribution in [1.82, 2.24) is 10.2 Å². The van der Waals surface area contributed by atoms with Gasteiger partial charge < -0.3 is 24.4 Å². The normalized spacial score (nSPS) is 20.5. The maximum Gasteiger partial charge on any atom is 0.338 e. The van der Waals surface area contributed by atoms with Gasteiger partial charge >= 0.3 is 5.97 Å². The molecule has 1 amide bonds. The number of rotatable bonds is 9. The Kier molecular flexibility index (Phi) is 8.14. The average molecular weight is 534 g/mol. The first-order valence-electron chi connectivity index (χ1n) is 12.9. The van der Waals surface area contributed by atoms with Gasteiger partial charge in [0.15, 0.2) is 5.17 Å². The Labute approximate surface area is 226 Å². The van der Waals surface area contributed by atoms with Gasteiger partial charge in [-0.05, 0) is 61.9 Å². The minimum Gasteiger partial charge on any atom is -0.463 e. The van der Waals surface area contributed by atoms with Crippen molar-refractivity contribution in [3.05, 3.63) is 82.5 Å². The highest BCUT2D eigenvalue weighted by molar-refractivity contribution is 8.16. The molecule has 1 saturated heterocycles. The third kappa shape index (κ3) is 5.79. The van der Waals surface area contributed by atoms with Gasteiger partial charge in [0.25, 0.3) is 0 Å². The highest BCUT2D eigenvalue weighted by atomic mass is 32.2. The molecule has 0 saturated carbocycles. The van der Waals surface area contributed by atoms with Gasteiger partial charge in [0.1, 0.15) is 11.5 Å². The van der Waals surface area contributed by atoms with Crippen molar-refractivity contribution in [3.63, 3.8) is 0 Å². The number of hydrogen-bond donors (Lipinski definition) is 1. The van der Waals surface area contributed by atoms with Crippen LogP contribution in [0, 0.1) is 0 Å². The van der Waals surface area contributed by atoms with E-state index >= 15 is 0 Å². The molecule has 5 rings (SSSR count). The summed E-state index contributed by atoms with van der Waals surface area (Å²) in [7, 11) is 0. The SMILES string of the molecule is CCOC(=O)C1=C(C)N=C2SC=C(CC(=O)NC[C@H]3CCCO3)N2[C@H]1c1cccc(Oc2ccccc2)c1. The molecule has 0 bridgehead atoms. The second-order valence-corrected chi connectivity index (χ2v) is 10.1. The molecule has 0 radical (unpaired) electrons. The Hall–Kier alpha value is -3.56. The molecular weight excluding hydrogens is 502 g/mol. The van der Waals surface area contributed by atoms with Crippen LogP contribution in [0.5, 0.6) is 11.5 Å². The van der Waals surface area contributed by atoms with Crippen LogP contribution in [0.25, 0.3) is 0 Å². The van der Waals surface area contributed by atoms with E-state index in [0.29, 0.717) is 29.3 Å². The lowest BCUT2D eigenvalue weighted by Crippen LogP contribution is -2.38. The van der Waals surface area contributed by atoms with Crippen molar-refractivity contribution < 1.29 is 23.8 Å². The minimum absolute atomic E-state index is 0.0686. The van der Waals surface area contributed by atoms with E-state index in [1.54, 1.807) is 6.92 Å². The third-order valence-electron chi connectivity index (χ3n) is 6.54. The molecule has 9 heteroatoms. The molecule has 2 atom stereocenters. The zero-order chi connectivity index (χ0) is 26.5. The summed E-state index contributed by atoms with van der Waals surface area (Å²) in [6, 6.07) is 16.7. The van der Waals surface area contributed by atoms with Crippen LogP contribution in [0.3, 0.4) is 0 Å². The van der Waals surface area contributed by atoms with E-state index in [4.69, 9.17) is 19.2 Å². The number of nitrogens with zero attached hydrogens (tertiary/aromatic N) is 2. The van der Waals surface area contributed by atoms with Gasteiger partial charge in [0.2, 0.25) is 5.91 Å². The number of allylic oxidation sites excluding steroid dienone is 1. The van der Waals surface area contributed by atoms with Crippen LogP contribution in [0.15, 0.2) is 82.0 Å². The predicted molar refractivity (Wildman–Crippen MR) is 147 cm³/mol. The number of esters is 1. The van der Waals surface area contributed by atoms with Crippen LogP contribution >= 0.6 is 11.8 Å². The van der Waals surface area contributed by atoms with E-state index in [2.05, 4.69) is 5.32 Å². The molecule has 3 aliphatic heterocycles. The Balaban J connectivity index is 1.44. The molecule has 0 spiro atoms. The largest absolute Gasteiger partial charge is 0.463 e. The second-order valence-electron chi connectivity index (χ2n) is 9.22. The van der Waals surface area contributed by atoms with Crippen molar-refractivity contribution in [2.45, 2.75) is 45.3 Å². The van der Waals surface area contributed by atoms with Crippen LogP contribution < -0.4 is 10.1 Å². The standard InChI is InChI=1S/C29H31N3O5S/c1-3-35-28(34)26-19(2)31-29-32(21(18-38-29)16-25(33)30-17-24-13-8-14-36-24)27(26)20-9-7-12-23(15-20)37-22-10-5-4-6-11-22/h4-7,9-12,15,18,24,27H,3,8,13-14,16-17H2,1-2H3,(H,30,33)/t24-,27+/m1/s1. The van der Waals surface area contributed by atoms with Gasteiger partial charge in [-0.15, -0.1) is 0 Å². The number of amides is 1. The number of ether oxygens (including phenoxy) is 3. The number of thioether (sulfide) groups is 1. The van der Waals surface area contributed by atoms with Gasteiger partial charge in [0, 0.05) is 18.8 Å². The van der Waals surface area contributed by atoms with Crippen LogP contribution in [-0.2, 0) is 19.1 Å². The van der Waals surface area contributed by atoms with Crippen molar-refractivity contribution in [2.24, 2.45) is 4.99 Å². The summed E-state index contributed by atoms with van der Waals surface area (Å²) in [5.74, 6) is 0.835. The predicted octanol–water partition coefficient (Wildman–Crippen LogP) is 5.30. The van der Waals surface area contributed by atoms with Gasteiger partial charge in [-0.1, -0.05) is 42.1 Å². The quantitative estimate of drug-likeness (QED) is 0.438. The smallest absolute Gasteiger partial charge is 0.338 e. The molecule has 2 aromatic carbocycles. The van der Waals surface area contributed by atoms with E-state index in [0.717, 1.165) is 35.9 Å². The van der Waals surface area contributed by atoms with E-state index in [-0.39, 0.29) is 25.0 Å². The molecule has 2 aromatic rings. The number of amidine groups is 1. The summed E-state index contributed by atoms with van der Waals surface area (Å²) in [5, 5.41) is 5.65. The Morgan fingerprint density at radius 3 is 2.74 bits per heavy atom. The van der Waals surface area contributed by atoms with E-state index in [1.165, 1.54) is 11.8 Å². The number of nitrogens with one attached hydrogen (secondary N) is 1. The van der Waals surface area contributed by atoms with Gasteiger partial charge in [-0.3, -0.25) is 4.79 Å². The maximum absolute atomic E-state index is 13.2. The Morgan fingerprint density at radius 1 is 1.16 bits per heavy atom. The first-order valence-corrected chi connectivity index (χ1v) is 13.7. The number of fused-ring (bicyclic) bond motifs is 1. The topological polar surface area (TPSA) is 89.5 Å². The summed E-state index contributed by atoms with van der Waals surface area (Å²) < 4.78 is 17.2. The number of carbonyl (C=O) groups excluding carboxylic acids is 2. The molecule has 3 heterocycles. The van der Waals surface area contributed by atoms with Gasteiger partial charge in [0.05, 0.1) is 36.4 Å². The van der Waals surface area contributed by atoms with Gasteiger partial charge in [-0.25, -0.2) is 9.79 Å². The lowest BCUT2D eigenvalue weighted by atomic mass is 9.93. The van der Waals surface area contributed by atoms with Crippen molar-refractivity contribution in [1.29, 1.82) is 0 Å². The van der Waals surface area contributed by atoms with Gasteiger partial charge in [-0.2, -0.15) is 0 Å². The van der Waals surface area contributed by atoms with Crippen LogP contribution in [0.1, 0.15) is 44.7 Å². The number of aliphatic imine (C=N–C) groups is 1.